The fraction of sp³-hybridized carbons (Fsp3) is 0.800. The molecule has 0 aromatic rings. The molecule has 0 rings (SSSR count). The number of rotatable bonds is 8. The number of carbonyl (C=O) groups excluding carboxylic acids is 3. The fourth-order valence-electron chi connectivity index (χ4n) is 2.56. The van der Waals surface area contributed by atoms with E-state index in [0.717, 1.165) is 4.90 Å². The third kappa shape index (κ3) is 9.80. The van der Waals surface area contributed by atoms with Gasteiger partial charge < -0.3 is 29.7 Å². The van der Waals surface area contributed by atoms with Crippen molar-refractivity contribution in [2.24, 2.45) is 0 Å². The maximum Gasteiger partial charge on any atom is 0.410 e. The SMILES string of the molecule is CCCC(CN(C)C(=O)CN(C)C(=O)OC(C)(C)C)(NC(=O)OC(C)(C)C)C(=O)O. The summed E-state index contributed by atoms with van der Waals surface area (Å²) >= 11 is 0. The standard InChI is InChI=1S/C20H37N3O7/c1-10-11-20(15(25)26,21-16(27)29-18(2,3)4)13-23(9)14(24)12-22(8)17(28)30-19(5,6)7/h10-13H2,1-9H3,(H,21,27)(H,25,26). The number of alkyl carbamates (subject to hydrolysis) is 1. The maximum atomic E-state index is 12.6. The summed E-state index contributed by atoms with van der Waals surface area (Å²) in [5, 5.41) is 12.3. The lowest BCUT2D eigenvalue weighted by molar-refractivity contribution is -0.147. The minimum absolute atomic E-state index is 0.0844. The van der Waals surface area contributed by atoms with E-state index < -0.39 is 40.8 Å². The zero-order valence-corrected chi connectivity index (χ0v) is 19.6. The van der Waals surface area contributed by atoms with Gasteiger partial charge >= 0.3 is 18.2 Å². The van der Waals surface area contributed by atoms with Gasteiger partial charge in [-0.25, -0.2) is 14.4 Å². The smallest absolute Gasteiger partial charge is 0.410 e. The van der Waals surface area contributed by atoms with Gasteiger partial charge in [0.15, 0.2) is 5.54 Å². The van der Waals surface area contributed by atoms with E-state index in [2.05, 4.69) is 5.32 Å². The molecule has 10 heteroatoms. The normalized spacial score (nSPS) is 13.6. The Hall–Kier alpha value is -2.52. The third-order valence-electron chi connectivity index (χ3n) is 3.84. The van der Waals surface area contributed by atoms with Gasteiger partial charge in [0.2, 0.25) is 5.91 Å². The van der Waals surface area contributed by atoms with E-state index in [1.165, 1.54) is 19.0 Å². The van der Waals surface area contributed by atoms with Crippen LogP contribution in [0.15, 0.2) is 0 Å². The molecule has 0 saturated heterocycles. The molecule has 0 radical (unpaired) electrons. The molecular formula is C20H37N3O7. The number of nitrogens with one attached hydrogen (secondary N) is 1. The Kier molecular flexibility index (Phi) is 9.61. The highest BCUT2D eigenvalue weighted by Gasteiger charge is 2.42. The predicted molar refractivity (Wildman–Crippen MR) is 111 cm³/mol. The van der Waals surface area contributed by atoms with Crippen molar-refractivity contribution in [2.75, 3.05) is 27.2 Å². The summed E-state index contributed by atoms with van der Waals surface area (Å²) < 4.78 is 10.4. The van der Waals surface area contributed by atoms with Crippen molar-refractivity contribution in [3.05, 3.63) is 0 Å². The number of hydrogen-bond acceptors (Lipinski definition) is 6. The molecule has 30 heavy (non-hydrogen) atoms. The van der Waals surface area contributed by atoms with Crippen LogP contribution in [-0.2, 0) is 19.1 Å². The van der Waals surface area contributed by atoms with Gasteiger partial charge in [-0.1, -0.05) is 13.3 Å². The predicted octanol–water partition coefficient (Wildman–Crippen LogP) is 2.46. The van der Waals surface area contributed by atoms with Gasteiger partial charge in [0, 0.05) is 14.1 Å². The summed E-state index contributed by atoms with van der Waals surface area (Å²) in [7, 11) is 2.82. The van der Waals surface area contributed by atoms with E-state index >= 15 is 0 Å². The van der Waals surface area contributed by atoms with E-state index in [1.54, 1.807) is 48.5 Å². The number of hydrogen-bond donors (Lipinski definition) is 2. The van der Waals surface area contributed by atoms with Crippen LogP contribution in [0.2, 0.25) is 0 Å². The Morgan fingerprint density at radius 1 is 0.900 bits per heavy atom. The second kappa shape index (κ2) is 10.5. The van der Waals surface area contributed by atoms with Crippen molar-refractivity contribution in [3.63, 3.8) is 0 Å². The van der Waals surface area contributed by atoms with E-state index in [4.69, 9.17) is 9.47 Å². The Bertz CT molecular complexity index is 637. The van der Waals surface area contributed by atoms with Gasteiger partial charge in [-0.2, -0.15) is 0 Å². The van der Waals surface area contributed by atoms with Crippen LogP contribution in [-0.4, -0.2) is 82.9 Å². The summed E-state index contributed by atoms with van der Waals surface area (Å²) in [5.41, 5.74) is -3.25. The number of carboxylic acids is 1. The van der Waals surface area contributed by atoms with Crippen LogP contribution in [0.5, 0.6) is 0 Å². The molecule has 0 aliphatic rings. The molecule has 1 unspecified atom stereocenters. The number of nitrogens with zero attached hydrogens (tertiary/aromatic N) is 2. The first-order chi connectivity index (χ1) is 13.4. The molecule has 0 aliphatic heterocycles. The molecule has 10 nitrogen and oxygen atoms in total. The highest BCUT2D eigenvalue weighted by molar-refractivity contribution is 5.87. The molecule has 0 aromatic carbocycles. The number of carboxylic acid groups (broad SMARTS) is 1. The van der Waals surface area contributed by atoms with Crippen LogP contribution in [0.3, 0.4) is 0 Å². The lowest BCUT2D eigenvalue weighted by atomic mass is 9.93. The van der Waals surface area contributed by atoms with Crippen molar-refractivity contribution in [3.8, 4) is 0 Å². The Labute approximate surface area is 178 Å². The number of ether oxygens (including phenoxy) is 2. The van der Waals surface area contributed by atoms with Crippen molar-refractivity contribution in [2.45, 2.75) is 78.0 Å². The van der Waals surface area contributed by atoms with Crippen LogP contribution in [0.4, 0.5) is 9.59 Å². The maximum absolute atomic E-state index is 12.6. The van der Waals surface area contributed by atoms with Gasteiger partial charge in [-0.15, -0.1) is 0 Å². The van der Waals surface area contributed by atoms with Crippen LogP contribution < -0.4 is 5.32 Å². The van der Waals surface area contributed by atoms with E-state index in [0.29, 0.717) is 6.42 Å². The lowest BCUT2D eigenvalue weighted by Gasteiger charge is -2.35. The highest BCUT2D eigenvalue weighted by Crippen LogP contribution is 2.18. The largest absolute Gasteiger partial charge is 0.479 e. The van der Waals surface area contributed by atoms with Gasteiger partial charge in [-0.05, 0) is 48.0 Å². The molecule has 3 amide bonds. The molecule has 0 aromatic heterocycles. The topological polar surface area (TPSA) is 125 Å². The molecule has 0 fully saturated rings. The molecule has 2 N–H and O–H groups in total. The number of carbonyl (C=O) groups is 4. The molecular weight excluding hydrogens is 394 g/mol. The van der Waals surface area contributed by atoms with Gasteiger partial charge in [0.05, 0.1) is 6.54 Å². The average molecular weight is 432 g/mol. The lowest BCUT2D eigenvalue weighted by Crippen LogP contribution is -2.62. The van der Waals surface area contributed by atoms with E-state index in [1.807, 2.05) is 0 Å². The van der Waals surface area contributed by atoms with E-state index in [9.17, 15) is 24.3 Å². The summed E-state index contributed by atoms with van der Waals surface area (Å²) in [6.45, 7) is 11.3. The minimum atomic E-state index is -1.73. The highest BCUT2D eigenvalue weighted by atomic mass is 16.6. The fourth-order valence-corrected chi connectivity index (χ4v) is 2.56. The van der Waals surface area contributed by atoms with Crippen molar-refractivity contribution in [1.82, 2.24) is 15.1 Å². The Morgan fingerprint density at radius 2 is 1.40 bits per heavy atom. The summed E-state index contributed by atoms with van der Waals surface area (Å²) in [6, 6.07) is 0. The third-order valence-corrected chi connectivity index (χ3v) is 3.84. The molecule has 174 valence electrons. The van der Waals surface area contributed by atoms with Crippen LogP contribution in [0.25, 0.3) is 0 Å². The first kappa shape index (κ1) is 27.5. The number of aliphatic carboxylic acids is 1. The second-order valence-corrected chi connectivity index (χ2v) is 9.35. The molecule has 0 saturated carbocycles. The molecule has 0 bridgehead atoms. The van der Waals surface area contributed by atoms with Gasteiger partial charge in [0.25, 0.3) is 0 Å². The Morgan fingerprint density at radius 3 is 1.80 bits per heavy atom. The van der Waals surface area contributed by atoms with Crippen LogP contribution in [0, 0.1) is 0 Å². The summed E-state index contributed by atoms with van der Waals surface area (Å²) in [6.07, 6.45) is -1.03. The quantitative estimate of drug-likeness (QED) is 0.604. The number of likely N-dealkylation sites (N-methyl/N-ethyl adjacent to an activating group) is 2. The van der Waals surface area contributed by atoms with E-state index in [-0.39, 0.29) is 19.5 Å². The van der Waals surface area contributed by atoms with Crippen molar-refractivity contribution in [1.29, 1.82) is 0 Å². The number of amides is 3. The zero-order valence-electron chi connectivity index (χ0n) is 19.6. The van der Waals surface area contributed by atoms with Crippen LogP contribution in [0.1, 0.15) is 61.3 Å². The first-order valence-electron chi connectivity index (χ1n) is 9.85. The van der Waals surface area contributed by atoms with Crippen molar-refractivity contribution < 1.29 is 33.8 Å². The minimum Gasteiger partial charge on any atom is -0.479 e. The molecule has 0 aliphatic carbocycles. The average Bonchev–Trinajstić information content (AvgIpc) is 2.50. The monoisotopic (exact) mass is 431 g/mol. The Balaban J connectivity index is 5.34. The molecule has 0 spiro atoms. The van der Waals surface area contributed by atoms with Crippen molar-refractivity contribution >= 4 is 24.1 Å². The zero-order chi connectivity index (χ0) is 23.9. The van der Waals surface area contributed by atoms with Crippen LogP contribution >= 0.6 is 0 Å². The molecule has 0 heterocycles. The first-order valence-corrected chi connectivity index (χ1v) is 9.85. The van der Waals surface area contributed by atoms with Gasteiger partial charge in [-0.3, -0.25) is 4.79 Å². The van der Waals surface area contributed by atoms with Gasteiger partial charge in [0.1, 0.15) is 17.7 Å². The molecule has 1 atom stereocenters. The second-order valence-electron chi connectivity index (χ2n) is 9.35. The summed E-state index contributed by atoms with van der Waals surface area (Å²) in [5.74, 6) is -1.79. The summed E-state index contributed by atoms with van der Waals surface area (Å²) in [4.78, 5) is 51.2.